The zero-order chi connectivity index (χ0) is 14.9. The van der Waals surface area contributed by atoms with E-state index in [4.69, 9.17) is 11.6 Å². The summed E-state index contributed by atoms with van der Waals surface area (Å²) < 4.78 is 0.968. The van der Waals surface area contributed by atoms with Crippen LogP contribution < -0.4 is 0 Å². The van der Waals surface area contributed by atoms with Gasteiger partial charge in [-0.15, -0.1) is 0 Å². The molecule has 1 aliphatic rings. The highest BCUT2D eigenvalue weighted by atomic mass is 79.9. The lowest BCUT2D eigenvalue weighted by atomic mass is 9.80. The van der Waals surface area contributed by atoms with Crippen molar-refractivity contribution < 1.29 is 9.90 Å². The summed E-state index contributed by atoms with van der Waals surface area (Å²) in [6, 6.07) is 6.12. The van der Waals surface area contributed by atoms with Crippen LogP contribution >= 0.6 is 27.5 Å². The Morgan fingerprint density at radius 2 is 2.05 bits per heavy atom. The number of benzene rings is 1. The van der Waals surface area contributed by atoms with Crippen molar-refractivity contribution >= 4 is 33.5 Å². The molecule has 0 bridgehead atoms. The zero-order valence-electron chi connectivity index (χ0n) is 11.7. The molecule has 0 aromatic heterocycles. The quantitative estimate of drug-likeness (QED) is 0.871. The van der Waals surface area contributed by atoms with Crippen molar-refractivity contribution in [2.24, 2.45) is 5.41 Å². The molecule has 0 saturated carbocycles. The SMILES string of the molecule is CC(c1ccc(Br)cc1Cl)N1CCC(C)(C(=O)O)CC1. The lowest BCUT2D eigenvalue weighted by Crippen LogP contribution is -2.43. The molecule has 2 rings (SSSR count). The number of carboxylic acids is 1. The first-order valence-corrected chi connectivity index (χ1v) is 7.93. The number of hydrogen-bond donors (Lipinski definition) is 1. The maximum absolute atomic E-state index is 11.3. The highest BCUT2D eigenvalue weighted by molar-refractivity contribution is 9.10. The molecular formula is C15H19BrClNO2. The van der Waals surface area contributed by atoms with Crippen molar-refractivity contribution in [3.63, 3.8) is 0 Å². The van der Waals surface area contributed by atoms with E-state index in [0.717, 1.165) is 28.1 Å². The molecule has 110 valence electrons. The largest absolute Gasteiger partial charge is 0.481 e. The predicted octanol–water partition coefficient (Wildman–Crippen LogP) is 4.35. The number of carboxylic acid groups (broad SMARTS) is 1. The third-order valence-corrected chi connectivity index (χ3v) is 5.20. The van der Waals surface area contributed by atoms with Gasteiger partial charge in [-0.2, -0.15) is 0 Å². The fraction of sp³-hybridized carbons (Fsp3) is 0.533. The molecule has 0 amide bonds. The van der Waals surface area contributed by atoms with E-state index >= 15 is 0 Å². The van der Waals surface area contributed by atoms with Crippen LogP contribution in [0.5, 0.6) is 0 Å². The third-order valence-electron chi connectivity index (χ3n) is 4.38. The number of piperidine rings is 1. The van der Waals surface area contributed by atoms with E-state index in [9.17, 15) is 9.90 Å². The minimum atomic E-state index is -0.688. The number of aliphatic carboxylic acids is 1. The monoisotopic (exact) mass is 359 g/mol. The molecule has 0 aliphatic carbocycles. The van der Waals surface area contributed by atoms with E-state index in [1.165, 1.54) is 0 Å². The van der Waals surface area contributed by atoms with Crippen LogP contribution in [0.2, 0.25) is 5.02 Å². The minimum Gasteiger partial charge on any atom is -0.481 e. The predicted molar refractivity (Wildman–Crippen MR) is 84.1 cm³/mol. The lowest BCUT2D eigenvalue weighted by molar-refractivity contribution is -0.151. The van der Waals surface area contributed by atoms with E-state index in [-0.39, 0.29) is 6.04 Å². The van der Waals surface area contributed by atoms with Crippen LogP contribution in [0.25, 0.3) is 0 Å². The molecule has 1 heterocycles. The number of likely N-dealkylation sites (tertiary alicyclic amines) is 1. The van der Waals surface area contributed by atoms with Gasteiger partial charge in [0.2, 0.25) is 0 Å². The van der Waals surface area contributed by atoms with Crippen molar-refractivity contribution in [1.82, 2.24) is 4.90 Å². The highest BCUT2D eigenvalue weighted by Crippen LogP contribution is 2.36. The molecule has 1 aliphatic heterocycles. The summed E-state index contributed by atoms with van der Waals surface area (Å²) in [7, 11) is 0. The van der Waals surface area contributed by atoms with Gasteiger partial charge in [-0.05, 0) is 57.5 Å². The van der Waals surface area contributed by atoms with Gasteiger partial charge in [0.1, 0.15) is 0 Å². The first-order chi connectivity index (χ1) is 9.33. The Kier molecular flexibility index (Phi) is 4.77. The van der Waals surface area contributed by atoms with Gasteiger partial charge in [-0.25, -0.2) is 0 Å². The van der Waals surface area contributed by atoms with Gasteiger partial charge in [-0.1, -0.05) is 33.6 Å². The molecule has 1 aromatic carbocycles. The molecular weight excluding hydrogens is 342 g/mol. The summed E-state index contributed by atoms with van der Waals surface area (Å²) >= 11 is 9.71. The third kappa shape index (κ3) is 3.18. The van der Waals surface area contributed by atoms with Crippen LogP contribution in [0.3, 0.4) is 0 Å². The molecule has 1 fully saturated rings. The summed E-state index contributed by atoms with van der Waals surface area (Å²) in [5, 5.41) is 10.0. The Labute approximate surface area is 133 Å². The molecule has 20 heavy (non-hydrogen) atoms. The minimum absolute atomic E-state index is 0.203. The van der Waals surface area contributed by atoms with Gasteiger partial charge in [0.05, 0.1) is 5.41 Å². The molecule has 1 unspecified atom stereocenters. The summed E-state index contributed by atoms with van der Waals surface area (Å²) in [4.78, 5) is 13.6. The normalized spacial score (nSPS) is 20.6. The molecule has 0 spiro atoms. The second-order valence-electron chi connectivity index (χ2n) is 5.74. The first-order valence-electron chi connectivity index (χ1n) is 6.76. The molecule has 0 radical (unpaired) electrons. The van der Waals surface area contributed by atoms with E-state index in [2.05, 4.69) is 27.8 Å². The molecule has 1 N–H and O–H groups in total. The standard InChI is InChI=1S/C15H19BrClNO2/c1-10(12-4-3-11(16)9-13(12)17)18-7-5-15(2,6-8-18)14(19)20/h3-4,9-10H,5-8H2,1-2H3,(H,19,20). The molecule has 3 nitrogen and oxygen atoms in total. The summed E-state index contributed by atoms with van der Waals surface area (Å²) in [6.45, 7) is 5.54. The van der Waals surface area contributed by atoms with Gasteiger partial charge >= 0.3 is 5.97 Å². The first kappa shape index (κ1) is 15.8. The van der Waals surface area contributed by atoms with Crippen molar-refractivity contribution in [3.05, 3.63) is 33.3 Å². The highest BCUT2D eigenvalue weighted by Gasteiger charge is 2.38. The van der Waals surface area contributed by atoms with E-state index in [1.807, 2.05) is 25.1 Å². The van der Waals surface area contributed by atoms with Crippen LogP contribution in [0.1, 0.15) is 38.3 Å². The van der Waals surface area contributed by atoms with Crippen LogP contribution in [-0.4, -0.2) is 29.1 Å². The van der Waals surface area contributed by atoms with Crippen molar-refractivity contribution in [1.29, 1.82) is 0 Å². The smallest absolute Gasteiger partial charge is 0.309 e. The van der Waals surface area contributed by atoms with Gasteiger partial charge in [-0.3, -0.25) is 9.69 Å². The van der Waals surface area contributed by atoms with Crippen molar-refractivity contribution in [3.8, 4) is 0 Å². The average Bonchev–Trinajstić information content (AvgIpc) is 2.38. The van der Waals surface area contributed by atoms with Crippen molar-refractivity contribution in [2.75, 3.05) is 13.1 Å². The Balaban J connectivity index is 2.08. The van der Waals surface area contributed by atoms with E-state index in [1.54, 1.807) is 0 Å². The molecule has 1 atom stereocenters. The van der Waals surface area contributed by atoms with Crippen molar-refractivity contribution in [2.45, 2.75) is 32.7 Å². The van der Waals surface area contributed by atoms with E-state index in [0.29, 0.717) is 12.8 Å². The zero-order valence-corrected chi connectivity index (χ0v) is 14.0. The Morgan fingerprint density at radius 3 is 2.55 bits per heavy atom. The molecule has 1 aromatic rings. The van der Waals surface area contributed by atoms with Crippen LogP contribution in [0, 0.1) is 5.41 Å². The van der Waals surface area contributed by atoms with Crippen LogP contribution in [0.15, 0.2) is 22.7 Å². The Hall–Kier alpha value is -0.580. The Bertz CT molecular complexity index is 513. The number of nitrogens with zero attached hydrogens (tertiary/aromatic N) is 1. The lowest BCUT2D eigenvalue weighted by Gasteiger charge is -2.39. The number of halogens is 2. The fourth-order valence-electron chi connectivity index (χ4n) is 2.66. The van der Waals surface area contributed by atoms with Gasteiger partial charge in [0.25, 0.3) is 0 Å². The average molecular weight is 361 g/mol. The van der Waals surface area contributed by atoms with Gasteiger partial charge < -0.3 is 5.11 Å². The molecule has 5 heteroatoms. The summed E-state index contributed by atoms with van der Waals surface area (Å²) in [5.41, 5.74) is 0.508. The number of rotatable bonds is 3. The maximum atomic E-state index is 11.3. The fourth-order valence-corrected chi connectivity index (χ4v) is 3.49. The molecule has 1 saturated heterocycles. The summed E-state index contributed by atoms with van der Waals surface area (Å²) in [5.74, 6) is -0.688. The van der Waals surface area contributed by atoms with Crippen LogP contribution in [0.4, 0.5) is 0 Å². The van der Waals surface area contributed by atoms with E-state index < -0.39 is 11.4 Å². The second kappa shape index (κ2) is 6.04. The maximum Gasteiger partial charge on any atom is 0.309 e. The Morgan fingerprint density at radius 1 is 1.45 bits per heavy atom. The van der Waals surface area contributed by atoms with Gasteiger partial charge in [0.15, 0.2) is 0 Å². The topological polar surface area (TPSA) is 40.5 Å². The number of hydrogen-bond acceptors (Lipinski definition) is 2. The van der Waals surface area contributed by atoms with Gasteiger partial charge in [0, 0.05) is 15.5 Å². The number of carbonyl (C=O) groups is 1. The summed E-state index contributed by atoms with van der Waals surface area (Å²) in [6.07, 6.45) is 1.36. The van der Waals surface area contributed by atoms with Crippen LogP contribution in [-0.2, 0) is 4.79 Å². The second-order valence-corrected chi connectivity index (χ2v) is 7.07.